The van der Waals surface area contributed by atoms with E-state index in [9.17, 15) is 14.4 Å². The van der Waals surface area contributed by atoms with Gasteiger partial charge in [-0.15, -0.1) is 11.6 Å². The lowest BCUT2D eigenvalue weighted by Gasteiger charge is -2.14. The van der Waals surface area contributed by atoms with Crippen molar-refractivity contribution >= 4 is 29.4 Å². The van der Waals surface area contributed by atoms with Crippen molar-refractivity contribution < 1.29 is 14.4 Å². The normalized spacial score (nSPS) is 9.44. The molecule has 7 heteroatoms. The highest BCUT2D eigenvalue weighted by Gasteiger charge is 2.10. The molecule has 92 valence electrons. The van der Waals surface area contributed by atoms with Gasteiger partial charge in [-0.2, -0.15) is 0 Å². The van der Waals surface area contributed by atoms with Crippen LogP contribution in [-0.2, 0) is 9.59 Å². The molecule has 0 unspecified atom stereocenters. The summed E-state index contributed by atoms with van der Waals surface area (Å²) < 4.78 is 0. The van der Waals surface area contributed by atoms with Crippen LogP contribution in [0.1, 0.15) is 13.3 Å². The Bertz CT molecular complexity index is 271. The van der Waals surface area contributed by atoms with Crippen LogP contribution >= 0.6 is 11.6 Å². The summed E-state index contributed by atoms with van der Waals surface area (Å²) in [5, 5.41) is 4.33. The van der Waals surface area contributed by atoms with Gasteiger partial charge >= 0.3 is 6.03 Å². The van der Waals surface area contributed by atoms with E-state index in [4.69, 9.17) is 11.6 Å². The number of nitrogens with zero attached hydrogens (tertiary/aromatic N) is 1. The summed E-state index contributed by atoms with van der Waals surface area (Å²) >= 11 is 5.31. The fourth-order valence-electron chi connectivity index (χ4n) is 0.786. The van der Waals surface area contributed by atoms with Crippen LogP contribution in [0.15, 0.2) is 0 Å². The lowest BCUT2D eigenvalue weighted by atomic mass is 10.4. The Balaban J connectivity index is 3.81. The number of hydrogen-bond acceptors (Lipinski definition) is 3. The molecule has 0 rings (SSSR count). The number of halogens is 1. The Morgan fingerprint density at radius 3 is 2.44 bits per heavy atom. The van der Waals surface area contributed by atoms with Gasteiger partial charge in [-0.25, -0.2) is 4.79 Å². The number of urea groups is 1. The van der Waals surface area contributed by atoms with E-state index in [2.05, 4.69) is 5.32 Å². The van der Waals surface area contributed by atoms with Gasteiger partial charge in [-0.1, -0.05) is 0 Å². The lowest BCUT2D eigenvalue weighted by molar-refractivity contribution is -0.128. The predicted octanol–water partition coefficient (Wildman–Crippen LogP) is -0.0806. The number of likely N-dealkylation sites (N-methyl/N-ethyl adjacent to an activating group) is 1. The Morgan fingerprint density at radius 1 is 1.31 bits per heavy atom. The van der Waals surface area contributed by atoms with Gasteiger partial charge < -0.3 is 10.2 Å². The average Bonchev–Trinajstić information content (AvgIpc) is 2.24. The summed E-state index contributed by atoms with van der Waals surface area (Å²) in [7, 11) is 1.63. The molecule has 0 aliphatic rings. The van der Waals surface area contributed by atoms with Gasteiger partial charge in [-0.05, 0) is 6.92 Å². The van der Waals surface area contributed by atoms with Gasteiger partial charge in [0, 0.05) is 25.9 Å². The van der Waals surface area contributed by atoms with E-state index in [1.807, 2.05) is 12.2 Å². The quantitative estimate of drug-likeness (QED) is 0.669. The molecular formula is C9H16ClN3O3. The Morgan fingerprint density at radius 2 is 1.94 bits per heavy atom. The maximum absolute atomic E-state index is 11.3. The number of carbonyl (C=O) groups excluding carboxylic acids is 3. The number of imide groups is 1. The summed E-state index contributed by atoms with van der Waals surface area (Å²) in [6, 6.07) is -0.687. The van der Waals surface area contributed by atoms with Crippen LogP contribution in [0, 0.1) is 0 Å². The first-order valence-corrected chi connectivity index (χ1v) is 5.42. The summed E-state index contributed by atoms with van der Waals surface area (Å²) in [6.45, 7) is 2.25. The topological polar surface area (TPSA) is 78.5 Å². The Kier molecular flexibility index (Phi) is 7.28. The molecule has 6 nitrogen and oxygen atoms in total. The van der Waals surface area contributed by atoms with E-state index in [0.717, 1.165) is 0 Å². The number of carbonyl (C=O) groups is 3. The van der Waals surface area contributed by atoms with E-state index in [0.29, 0.717) is 6.54 Å². The molecule has 0 aromatic rings. The molecule has 0 spiro atoms. The smallest absolute Gasteiger partial charge is 0.321 e. The lowest BCUT2D eigenvalue weighted by Crippen LogP contribution is -2.44. The highest BCUT2D eigenvalue weighted by Crippen LogP contribution is 1.84. The van der Waals surface area contributed by atoms with Gasteiger partial charge in [0.05, 0.1) is 6.54 Å². The molecular weight excluding hydrogens is 234 g/mol. The molecule has 0 atom stereocenters. The van der Waals surface area contributed by atoms with Crippen LogP contribution < -0.4 is 10.6 Å². The SMILES string of the molecule is CCN(C)C(=O)CNC(=O)NC(=O)CCCl. The van der Waals surface area contributed by atoms with Gasteiger partial charge in [0.2, 0.25) is 11.8 Å². The molecule has 0 radical (unpaired) electrons. The van der Waals surface area contributed by atoms with E-state index in [1.54, 1.807) is 7.05 Å². The summed E-state index contributed by atoms with van der Waals surface area (Å²) in [4.78, 5) is 34.7. The van der Waals surface area contributed by atoms with Crippen molar-refractivity contribution in [2.45, 2.75) is 13.3 Å². The van der Waals surface area contributed by atoms with Crippen LogP contribution in [0.4, 0.5) is 4.79 Å². The van der Waals surface area contributed by atoms with Crippen LogP contribution in [0.3, 0.4) is 0 Å². The van der Waals surface area contributed by atoms with Crippen LogP contribution in [-0.4, -0.2) is 48.8 Å². The maximum atomic E-state index is 11.3. The third-order valence-corrected chi connectivity index (χ3v) is 2.06. The first kappa shape index (κ1) is 14.7. The second-order valence-corrected chi connectivity index (χ2v) is 3.46. The zero-order valence-electron chi connectivity index (χ0n) is 9.38. The van der Waals surface area contributed by atoms with E-state index in [1.165, 1.54) is 4.90 Å². The fourth-order valence-corrected chi connectivity index (χ4v) is 0.958. The molecule has 0 aliphatic heterocycles. The van der Waals surface area contributed by atoms with Crippen LogP contribution in [0.25, 0.3) is 0 Å². The minimum atomic E-state index is -0.687. The number of amides is 4. The number of alkyl halides is 1. The van der Waals surface area contributed by atoms with Crippen molar-refractivity contribution in [1.82, 2.24) is 15.5 Å². The van der Waals surface area contributed by atoms with Crippen molar-refractivity contribution in [3.8, 4) is 0 Å². The fraction of sp³-hybridized carbons (Fsp3) is 0.667. The van der Waals surface area contributed by atoms with Crippen molar-refractivity contribution in [1.29, 1.82) is 0 Å². The minimum Gasteiger partial charge on any atom is -0.345 e. The molecule has 0 aliphatic carbocycles. The first-order chi connectivity index (χ1) is 7.51. The van der Waals surface area contributed by atoms with E-state index in [-0.39, 0.29) is 24.8 Å². The van der Waals surface area contributed by atoms with E-state index >= 15 is 0 Å². The van der Waals surface area contributed by atoms with Gasteiger partial charge in [0.25, 0.3) is 0 Å². The molecule has 2 N–H and O–H groups in total. The second kappa shape index (κ2) is 7.92. The predicted molar refractivity (Wildman–Crippen MR) is 60.2 cm³/mol. The van der Waals surface area contributed by atoms with Crippen LogP contribution in [0.5, 0.6) is 0 Å². The standard InChI is InChI=1S/C9H16ClN3O3/c1-3-13(2)8(15)6-11-9(16)12-7(14)4-5-10/h3-6H2,1-2H3,(H2,11,12,14,16). The molecule has 0 bridgehead atoms. The largest absolute Gasteiger partial charge is 0.345 e. The minimum absolute atomic E-state index is 0.0672. The van der Waals surface area contributed by atoms with Crippen molar-refractivity contribution in [3.63, 3.8) is 0 Å². The average molecular weight is 250 g/mol. The summed E-state index contributed by atoms with van der Waals surface area (Å²) in [5.41, 5.74) is 0. The molecule has 16 heavy (non-hydrogen) atoms. The number of hydrogen-bond donors (Lipinski definition) is 2. The highest BCUT2D eigenvalue weighted by molar-refractivity contribution is 6.19. The van der Waals surface area contributed by atoms with Gasteiger partial charge in [0.15, 0.2) is 0 Å². The van der Waals surface area contributed by atoms with Gasteiger partial charge in [-0.3, -0.25) is 14.9 Å². The molecule has 0 saturated heterocycles. The van der Waals surface area contributed by atoms with Gasteiger partial charge in [0.1, 0.15) is 0 Å². The molecule has 4 amide bonds. The highest BCUT2D eigenvalue weighted by atomic mass is 35.5. The molecule has 0 aromatic heterocycles. The Labute approximate surface area is 99.3 Å². The third kappa shape index (κ3) is 6.23. The molecule has 0 saturated carbocycles. The molecule has 0 heterocycles. The second-order valence-electron chi connectivity index (χ2n) is 3.08. The summed E-state index contributed by atoms with van der Waals surface area (Å²) in [5.74, 6) is -0.539. The van der Waals surface area contributed by atoms with E-state index < -0.39 is 11.9 Å². The number of nitrogens with one attached hydrogen (secondary N) is 2. The third-order valence-electron chi connectivity index (χ3n) is 1.87. The van der Waals surface area contributed by atoms with Crippen LogP contribution in [0.2, 0.25) is 0 Å². The number of rotatable bonds is 5. The first-order valence-electron chi connectivity index (χ1n) is 4.88. The monoisotopic (exact) mass is 249 g/mol. The Hall–Kier alpha value is -1.30. The zero-order valence-corrected chi connectivity index (χ0v) is 10.1. The molecule has 0 fully saturated rings. The van der Waals surface area contributed by atoms with Crippen molar-refractivity contribution in [2.24, 2.45) is 0 Å². The molecule has 0 aromatic carbocycles. The maximum Gasteiger partial charge on any atom is 0.321 e. The van der Waals surface area contributed by atoms with Crippen molar-refractivity contribution in [2.75, 3.05) is 26.0 Å². The zero-order chi connectivity index (χ0) is 12.6. The summed E-state index contributed by atoms with van der Waals surface area (Å²) in [6.07, 6.45) is 0.0672. The van der Waals surface area contributed by atoms with Crippen molar-refractivity contribution in [3.05, 3.63) is 0 Å².